The van der Waals surface area contributed by atoms with Crippen molar-refractivity contribution < 1.29 is 9.90 Å². The molecule has 3 aromatic rings. The summed E-state index contributed by atoms with van der Waals surface area (Å²) in [5.74, 6) is -0.669. The van der Waals surface area contributed by atoms with Gasteiger partial charge < -0.3 is 10.4 Å². The Balaban J connectivity index is 1.90. The number of carboxylic acid groups (broad SMARTS) is 1. The lowest BCUT2D eigenvalue weighted by atomic mass is 10.0. The van der Waals surface area contributed by atoms with E-state index in [-0.39, 0.29) is 5.56 Å². The zero-order valence-electron chi connectivity index (χ0n) is 14.0. The molecular weight excluding hydrogens is 332 g/mol. The first-order chi connectivity index (χ1) is 12.6. The van der Waals surface area contributed by atoms with Gasteiger partial charge in [-0.3, -0.25) is 4.68 Å². The summed E-state index contributed by atoms with van der Waals surface area (Å²) in [5.41, 5.74) is 2.73. The summed E-state index contributed by atoms with van der Waals surface area (Å²) < 4.78 is 1.65. The summed E-state index contributed by atoms with van der Waals surface area (Å²) >= 11 is 0. The zero-order chi connectivity index (χ0) is 18.5. The quantitative estimate of drug-likeness (QED) is 0.703. The molecule has 130 valence electrons. The number of hydrogen-bond acceptors (Lipinski definition) is 6. The summed E-state index contributed by atoms with van der Waals surface area (Å²) in [4.78, 5) is 20.2. The molecular formula is C18H16N6O2. The van der Waals surface area contributed by atoms with Crippen LogP contribution >= 0.6 is 0 Å². The molecule has 0 saturated carbocycles. The van der Waals surface area contributed by atoms with Crippen molar-refractivity contribution >= 4 is 17.6 Å². The molecule has 0 aliphatic rings. The van der Waals surface area contributed by atoms with Crippen molar-refractivity contribution in [3.63, 3.8) is 0 Å². The smallest absolute Gasteiger partial charge is 0.336 e. The highest BCUT2D eigenvalue weighted by Crippen LogP contribution is 2.26. The van der Waals surface area contributed by atoms with Crippen molar-refractivity contribution in [1.29, 1.82) is 5.26 Å². The average molecular weight is 348 g/mol. The van der Waals surface area contributed by atoms with E-state index in [2.05, 4.69) is 26.5 Å². The fraction of sp³-hybridized carbons (Fsp3) is 0.167. The molecule has 8 nitrogen and oxygen atoms in total. The summed E-state index contributed by atoms with van der Waals surface area (Å²) in [6.45, 7) is 2.34. The van der Waals surface area contributed by atoms with E-state index in [0.717, 1.165) is 5.56 Å². The number of nitrogens with one attached hydrogen (secondary N) is 1. The Morgan fingerprint density at radius 2 is 2.15 bits per heavy atom. The molecule has 3 rings (SSSR count). The van der Waals surface area contributed by atoms with E-state index in [1.165, 1.54) is 0 Å². The van der Waals surface area contributed by atoms with Gasteiger partial charge in [-0.05, 0) is 18.6 Å². The number of hydrogen-bond donors (Lipinski definition) is 2. The lowest BCUT2D eigenvalue weighted by Crippen LogP contribution is -2.04. The second-order valence-electron chi connectivity index (χ2n) is 5.60. The first kappa shape index (κ1) is 17.1. The van der Waals surface area contributed by atoms with Gasteiger partial charge in [0, 0.05) is 18.0 Å². The summed E-state index contributed by atoms with van der Waals surface area (Å²) in [7, 11) is 0. The molecule has 0 bridgehead atoms. The number of carboxylic acids is 1. The van der Waals surface area contributed by atoms with Crippen LogP contribution in [0.1, 0.15) is 22.3 Å². The Kier molecular flexibility index (Phi) is 4.90. The monoisotopic (exact) mass is 348 g/mol. The number of aryl methyl sites for hydroxylation is 2. The van der Waals surface area contributed by atoms with E-state index in [4.69, 9.17) is 5.26 Å². The number of rotatable bonds is 6. The lowest BCUT2D eigenvalue weighted by Gasteiger charge is -2.10. The van der Waals surface area contributed by atoms with Crippen molar-refractivity contribution in [2.75, 3.05) is 5.32 Å². The van der Waals surface area contributed by atoms with Gasteiger partial charge in [0.25, 0.3) is 0 Å². The van der Waals surface area contributed by atoms with E-state index in [9.17, 15) is 9.90 Å². The van der Waals surface area contributed by atoms with Gasteiger partial charge in [-0.1, -0.05) is 18.2 Å². The highest BCUT2D eigenvalue weighted by Gasteiger charge is 2.15. The van der Waals surface area contributed by atoms with Gasteiger partial charge in [0.05, 0.1) is 42.2 Å². The minimum Gasteiger partial charge on any atom is -0.478 e. The van der Waals surface area contributed by atoms with E-state index < -0.39 is 5.97 Å². The Morgan fingerprint density at radius 1 is 1.35 bits per heavy atom. The maximum Gasteiger partial charge on any atom is 0.336 e. The van der Waals surface area contributed by atoms with Gasteiger partial charge in [-0.15, -0.1) is 0 Å². The van der Waals surface area contributed by atoms with Gasteiger partial charge in [-0.25, -0.2) is 14.8 Å². The molecule has 0 aliphatic carbocycles. The summed E-state index contributed by atoms with van der Waals surface area (Å²) in [5, 5.41) is 25.2. The molecule has 2 N–H and O–H groups in total. The molecule has 0 fully saturated rings. The third kappa shape index (κ3) is 3.67. The molecule has 0 atom stereocenters. The predicted octanol–water partition coefficient (Wildman–Crippen LogP) is 3.00. The number of anilines is 2. The van der Waals surface area contributed by atoms with Crippen LogP contribution in [0.5, 0.6) is 0 Å². The van der Waals surface area contributed by atoms with Crippen LogP contribution in [-0.2, 0) is 6.54 Å². The number of aromatic carboxylic acids is 1. The largest absolute Gasteiger partial charge is 0.478 e. The molecule has 0 aliphatic heterocycles. The molecule has 0 spiro atoms. The third-order valence-corrected chi connectivity index (χ3v) is 3.73. The highest BCUT2D eigenvalue weighted by atomic mass is 16.4. The second-order valence-corrected chi connectivity index (χ2v) is 5.60. The third-order valence-electron chi connectivity index (χ3n) is 3.73. The van der Waals surface area contributed by atoms with Gasteiger partial charge in [0.2, 0.25) is 5.95 Å². The highest BCUT2D eigenvalue weighted by molar-refractivity contribution is 5.95. The average Bonchev–Trinajstić information content (AvgIpc) is 3.09. The Labute approximate surface area is 149 Å². The Hall–Kier alpha value is -3.73. The van der Waals surface area contributed by atoms with Crippen molar-refractivity contribution in [3.8, 4) is 17.3 Å². The zero-order valence-corrected chi connectivity index (χ0v) is 14.0. The Bertz CT molecular complexity index is 989. The Morgan fingerprint density at radius 3 is 2.92 bits per heavy atom. The van der Waals surface area contributed by atoms with E-state index in [1.807, 2.05) is 6.92 Å². The maximum absolute atomic E-state index is 11.5. The SMILES string of the molecule is Cc1cnc(Nc2cnn(CCC#N)c2)nc1-c1ccccc1C(=O)O. The van der Waals surface area contributed by atoms with Crippen LogP contribution in [0.4, 0.5) is 11.6 Å². The summed E-state index contributed by atoms with van der Waals surface area (Å²) in [6, 6.07) is 8.79. The van der Waals surface area contributed by atoms with Gasteiger partial charge in [0.1, 0.15) is 0 Å². The van der Waals surface area contributed by atoms with Crippen molar-refractivity contribution in [2.45, 2.75) is 19.9 Å². The van der Waals surface area contributed by atoms with Crippen molar-refractivity contribution in [3.05, 3.63) is 54.0 Å². The predicted molar refractivity (Wildman–Crippen MR) is 94.9 cm³/mol. The van der Waals surface area contributed by atoms with Crippen LogP contribution in [0.2, 0.25) is 0 Å². The molecule has 0 unspecified atom stereocenters. The van der Waals surface area contributed by atoms with Gasteiger partial charge >= 0.3 is 5.97 Å². The van der Waals surface area contributed by atoms with Crippen molar-refractivity contribution in [2.24, 2.45) is 0 Å². The number of carbonyl (C=O) groups is 1. The summed E-state index contributed by atoms with van der Waals surface area (Å²) in [6.07, 6.45) is 5.39. The van der Waals surface area contributed by atoms with E-state index in [0.29, 0.717) is 35.9 Å². The van der Waals surface area contributed by atoms with Crippen LogP contribution in [0.3, 0.4) is 0 Å². The van der Waals surface area contributed by atoms with Gasteiger partial charge in [0.15, 0.2) is 0 Å². The van der Waals surface area contributed by atoms with Crippen LogP contribution in [0.25, 0.3) is 11.3 Å². The van der Waals surface area contributed by atoms with Gasteiger partial charge in [-0.2, -0.15) is 10.4 Å². The minimum atomic E-state index is -1.01. The first-order valence-corrected chi connectivity index (χ1v) is 7.91. The maximum atomic E-state index is 11.5. The molecule has 2 heterocycles. The van der Waals surface area contributed by atoms with E-state index >= 15 is 0 Å². The number of benzene rings is 1. The number of nitriles is 1. The fourth-order valence-corrected chi connectivity index (χ4v) is 2.50. The molecule has 1 aromatic carbocycles. The molecule has 8 heteroatoms. The lowest BCUT2D eigenvalue weighted by molar-refractivity contribution is 0.0697. The van der Waals surface area contributed by atoms with E-state index in [1.54, 1.807) is 47.5 Å². The number of nitrogens with zero attached hydrogens (tertiary/aromatic N) is 5. The molecule has 0 radical (unpaired) electrons. The minimum absolute atomic E-state index is 0.185. The second kappa shape index (κ2) is 7.44. The van der Waals surface area contributed by atoms with Crippen LogP contribution in [-0.4, -0.2) is 30.8 Å². The molecule has 0 saturated heterocycles. The topological polar surface area (TPSA) is 117 Å². The molecule has 0 amide bonds. The molecule has 26 heavy (non-hydrogen) atoms. The van der Waals surface area contributed by atoms with Crippen molar-refractivity contribution in [1.82, 2.24) is 19.7 Å². The van der Waals surface area contributed by atoms with Crippen LogP contribution in [0, 0.1) is 18.3 Å². The normalized spacial score (nSPS) is 10.3. The first-order valence-electron chi connectivity index (χ1n) is 7.91. The standard InChI is InChI=1S/C18H16N6O2/c1-12-9-20-18(22-13-10-21-24(11-13)8-4-7-19)23-16(12)14-5-2-3-6-15(14)17(25)26/h2-3,5-6,9-11H,4,8H2,1H3,(H,25,26)(H,20,22,23). The fourth-order valence-electron chi connectivity index (χ4n) is 2.50. The number of aromatic nitrogens is 4. The van der Waals surface area contributed by atoms with Crippen LogP contribution < -0.4 is 5.32 Å². The molecule has 2 aromatic heterocycles. The van der Waals surface area contributed by atoms with Crippen LogP contribution in [0.15, 0.2) is 42.9 Å².